The molecule has 2 atom stereocenters. The number of thioether (sulfide) groups is 1. The Morgan fingerprint density at radius 3 is 3.00 bits per heavy atom. The van der Waals surface area contributed by atoms with E-state index in [4.69, 9.17) is 4.74 Å². The van der Waals surface area contributed by atoms with E-state index < -0.39 is 0 Å². The van der Waals surface area contributed by atoms with Crippen LogP contribution in [0.1, 0.15) is 25.5 Å². The van der Waals surface area contributed by atoms with Crippen LogP contribution in [-0.4, -0.2) is 24.7 Å². The fourth-order valence-electron chi connectivity index (χ4n) is 2.10. The molecule has 1 aliphatic heterocycles. The topological polar surface area (TPSA) is 21.3 Å². The van der Waals surface area contributed by atoms with Gasteiger partial charge in [-0.25, -0.2) is 0 Å². The summed E-state index contributed by atoms with van der Waals surface area (Å²) in [5.41, 5.74) is 1.30. The van der Waals surface area contributed by atoms with Crippen LogP contribution in [0.2, 0.25) is 0 Å². The van der Waals surface area contributed by atoms with Gasteiger partial charge in [0.2, 0.25) is 0 Å². The van der Waals surface area contributed by atoms with E-state index in [0.717, 1.165) is 30.6 Å². The summed E-state index contributed by atoms with van der Waals surface area (Å²) in [5.74, 6) is 4.17. The molecular weight excluding hydrogens is 230 g/mol. The molecule has 94 valence electrons. The molecule has 0 radical (unpaired) electrons. The Kier molecular flexibility index (Phi) is 4.75. The highest BCUT2D eigenvalue weighted by atomic mass is 32.2. The van der Waals surface area contributed by atoms with Gasteiger partial charge in [0.05, 0.1) is 6.61 Å². The zero-order valence-electron chi connectivity index (χ0n) is 10.6. The lowest BCUT2D eigenvalue weighted by atomic mass is 10.1. The quantitative estimate of drug-likeness (QED) is 0.892. The molecule has 0 amide bonds. The van der Waals surface area contributed by atoms with Gasteiger partial charge in [0.1, 0.15) is 5.75 Å². The molecule has 0 bridgehead atoms. The molecule has 0 saturated carbocycles. The predicted molar refractivity (Wildman–Crippen MR) is 74.8 cm³/mol. The second-order valence-corrected chi connectivity index (χ2v) is 5.65. The van der Waals surface area contributed by atoms with Crippen LogP contribution in [-0.2, 0) is 0 Å². The first-order valence-electron chi connectivity index (χ1n) is 6.34. The second-order valence-electron chi connectivity index (χ2n) is 4.57. The van der Waals surface area contributed by atoms with E-state index in [1.54, 1.807) is 0 Å². The van der Waals surface area contributed by atoms with E-state index in [0.29, 0.717) is 6.04 Å². The first kappa shape index (κ1) is 12.8. The summed E-state index contributed by atoms with van der Waals surface area (Å²) in [4.78, 5) is 0. The smallest absolute Gasteiger partial charge is 0.124 e. The average Bonchev–Trinajstić information content (AvgIpc) is 2.55. The maximum Gasteiger partial charge on any atom is 0.124 e. The molecule has 0 spiro atoms. The van der Waals surface area contributed by atoms with Crippen molar-refractivity contribution in [3.05, 3.63) is 29.8 Å². The third-order valence-corrected chi connectivity index (χ3v) is 4.37. The Balaban J connectivity index is 2.14. The SMILES string of the molecule is CCOc1ccccc1C1CSCC(C)CN1. The normalized spacial score (nSPS) is 25.3. The van der Waals surface area contributed by atoms with E-state index in [1.807, 2.05) is 24.8 Å². The maximum atomic E-state index is 5.71. The highest BCUT2D eigenvalue weighted by molar-refractivity contribution is 7.99. The zero-order valence-corrected chi connectivity index (χ0v) is 11.4. The summed E-state index contributed by atoms with van der Waals surface area (Å²) in [6, 6.07) is 8.81. The number of nitrogens with one attached hydrogen (secondary N) is 1. The predicted octanol–water partition coefficient (Wildman–Crippen LogP) is 3.10. The van der Waals surface area contributed by atoms with E-state index >= 15 is 0 Å². The van der Waals surface area contributed by atoms with Crippen molar-refractivity contribution in [3.63, 3.8) is 0 Å². The number of ether oxygens (including phenoxy) is 1. The number of benzene rings is 1. The van der Waals surface area contributed by atoms with Gasteiger partial charge < -0.3 is 10.1 Å². The van der Waals surface area contributed by atoms with E-state index in [1.165, 1.54) is 11.3 Å². The summed E-state index contributed by atoms with van der Waals surface area (Å²) in [7, 11) is 0. The Hall–Kier alpha value is -0.670. The third-order valence-electron chi connectivity index (χ3n) is 2.99. The number of hydrogen-bond acceptors (Lipinski definition) is 3. The molecule has 1 aromatic carbocycles. The molecule has 3 heteroatoms. The lowest BCUT2D eigenvalue weighted by Crippen LogP contribution is -2.26. The zero-order chi connectivity index (χ0) is 12.1. The van der Waals surface area contributed by atoms with Crippen molar-refractivity contribution in [3.8, 4) is 5.75 Å². The van der Waals surface area contributed by atoms with Crippen LogP contribution in [0.4, 0.5) is 0 Å². The van der Waals surface area contributed by atoms with Crippen molar-refractivity contribution in [2.75, 3.05) is 24.7 Å². The minimum atomic E-state index is 0.424. The Bertz CT molecular complexity index is 356. The molecule has 2 nitrogen and oxygen atoms in total. The summed E-state index contributed by atoms with van der Waals surface area (Å²) in [6.45, 7) is 6.16. The van der Waals surface area contributed by atoms with Gasteiger partial charge in [-0.1, -0.05) is 25.1 Å². The van der Waals surface area contributed by atoms with Gasteiger partial charge in [-0.2, -0.15) is 11.8 Å². The first-order valence-corrected chi connectivity index (χ1v) is 7.49. The molecule has 1 N–H and O–H groups in total. The van der Waals surface area contributed by atoms with Gasteiger partial charge in [-0.05, 0) is 31.2 Å². The Morgan fingerprint density at radius 1 is 1.35 bits per heavy atom. The number of rotatable bonds is 3. The Morgan fingerprint density at radius 2 is 2.18 bits per heavy atom. The number of para-hydroxylation sites is 1. The molecule has 1 fully saturated rings. The van der Waals surface area contributed by atoms with E-state index in [9.17, 15) is 0 Å². The van der Waals surface area contributed by atoms with Crippen LogP contribution in [0.5, 0.6) is 5.75 Å². The van der Waals surface area contributed by atoms with Gasteiger partial charge in [0, 0.05) is 17.4 Å². The van der Waals surface area contributed by atoms with Crippen LogP contribution in [0.3, 0.4) is 0 Å². The fourth-order valence-corrected chi connectivity index (χ4v) is 3.29. The van der Waals surface area contributed by atoms with Gasteiger partial charge in [-0.15, -0.1) is 0 Å². The monoisotopic (exact) mass is 251 g/mol. The Labute approximate surface area is 108 Å². The summed E-state index contributed by atoms with van der Waals surface area (Å²) in [6.07, 6.45) is 0. The van der Waals surface area contributed by atoms with Crippen molar-refractivity contribution in [2.45, 2.75) is 19.9 Å². The van der Waals surface area contributed by atoms with Crippen molar-refractivity contribution < 1.29 is 4.74 Å². The average molecular weight is 251 g/mol. The summed E-state index contributed by atoms with van der Waals surface area (Å²) < 4.78 is 5.71. The van der Waals surface area contributed by atoms with Gasteiger partial charge in [0.25, 0.3) is 0 Å². The van der Waals surface area contributed by atoms with Crippen LogP contribution in [0, 0.1) is 5.92 Å². The van der Waals surface area contributed by atoms with Crippen LogP contribution >= 0.6 is 11.8 Å². The van der Waals surface area contributed by atoms with Crippen molar-refractivity contribution >= 4 is 11.8 Å². The van der Waals surface area contributed by atoms with Crippen molar-refractivity contribution in [1.82, 2.24) is 5.32 Å². The molecule has 17 heavy (non-hydrogen) atoms. The largest absolute Gasteiger partial charge is 0.494 e. The molecule has 1 aromatic rings. The maximum absolute atomic E-state index is 5.71. The second kappa shape index (κ2) is 6.31. The molecule has 1 saturated heterocycles. The van der Waals surface area contributed by atoms with Gasteiger partial charge in [0.15, 0.2) is 0 Å². The molecular formula is C14H21NOS. The summed E-state index contributed by atoms with van der Waals surface area (Å²) in [5, 5.41) is 3.65. The molecule has 0 aliphatic carbocycles. The van der Waals surface area contributed by atoms with E-state index in [2.05, 4.69) is 30.4 Å². The lowest BCUT2D eigenvalue weighted by Gasteiger charge is -2.19. The van der Waals surface area contributed by atoms with E-state index in [-0.39, 0.29) is 0 Å². The van der Waals surface area contributed by atoms with Crippen LogP contribution < -0.4 is 10.1 Å². The molecule has 2 rings (SSSR count). The first-order chi connectivity index (χ1) is 8.31. The van der Waals surface area contributed by atoms with Gasteiger partial charge >= 0.3 is 0 Å². The molecule has 0 aromatic heterocycles. The van der Waals surface area contributed by atoms with Crippen LogP contribution in [0.25, 0.3) is 0 Å². The number of hydrogen-bond donors (Lipinski definition) is 1. The molecule has 2 unspecified atom stereocenters. The lowest BCUT2D eigenvalue weighted by molar-refractivity contribution is 0.332. The summed E-state index contributed by atoms with van der Waals surface area (Å²) >= 11 is 2.04. The minimum Gasteiger partial charge on any atom is -0.494 e. The standard InChI is InChI=1S/C14H21NOS/c1-3-16-14-7-5-4-6-12(14)13-10-17-9-11(2)8-15-13/h4-7,11,13,15H,3,8-10H2,1-2H3. The molecule has 1 aliphatic rings. The highest BCUT2D eigenvalue weighted by Crippen LogP contribution is 2.30. The molecule has 1 heterocycles. The fraction of sp³-hybridized carbons (Fsp3) is 0.571. The highest BCUT2D eigenvalue weighted by Gasteiger charge is 2.19. The third kappa shape index (κ3) is 3.39. The van der Waals surface area contributed by atoms with Crippen molar-refractivity contribution in [1.29, 1.82) is 0 Å². The van der Waals surface area contributed by atoms with Gasteiger partial charge in [-0.3, -0.25) is 0 Å². The minimum absolute atomic E-state index is 0.424. The van der Waals surface area contributed by atoms with Crippen LogP contribution in [0.15, 0.2) is 24.3 Å². The van der Waals surface area contributed by atoms with Crippen molar-refractivity contribution in [2.24, 2.45) is 5.92 Å².